The molecule has 1 aromatic heterocycles. The van der Waals surface area contributed by atoms with Crippen LogP contribution in [-0.2, 0) is 28.5 Å². The lowest BCUT2D eigenvalue weighted by molar-refractivity contribution is -0.140. The number of methoxy groups -OCH3 is 1. The number of carbonyl (C=O) groups is 1. The van der Waals surface area contributed by atoms with Gasteiger partial charge < -0.3 is 9.47 Å². The monoisotopic (exact) mass is 449 g/mol. The van der Waals surface area contributed by atoms with Crippen LogP contribution in [0.1, 0.15) is 28.1 Å². The van der Waals surface area contributed by atoms with Gasteiger partial charge in [-0.2, -0.15) is 13.2 Å². The quantitative estimate of drug-likeness (QED) is 0.404. The van der Waals surface area contributed by atoms with Gasteiger partial charge in [0.25, 0.3) is 0 Å². The molecule has 2 aromatic carbocycles. The molecule has 0 unspecified atom stereocenters. The molecule has 0 aliphatic heterocycles. The van der Waals surface area contributed by atoms with Crippen molar-refractivity contribution in [2.45, 2.75) is 32.4 Å². The van der Waals surface area contributed by atoms with Gasteiger partial charge in [-0.1, -0.05) is 24.3 Å². The molecule has 3 aromatic rings. The van der Waals surface area contributed by atoms with E-state index in [1.807, 2.05) is 31.2 Å². The molecule has 0 aliphatic carbocycles. The van der Waals surface area contributed by atoms with Crippen molar-refractivity contribution in [1.82, 2.24) is 4.98 Å². The number of thiazole rings is 1. The zero-order valence-electron chi connectivity index (χ0n) is 17.2. The van der Waals surface area contributed by atoms with Crippen molar-refractivity contribution >= 4 is 17.3 Å². The second-order valence-electron chi connectivity index (χ2n) is 6.92. The topological polar surface area (TPSA) is 48.4 Å². The maximum absolute atomic E-state index is 12.7. The first-order valence-electron chi connectivity index (χ1n) is 9.69. The van der Waals surface area contributed by atoms with E-state index in [2.05, 4.69) is 9.72 Å². The number of aromatic nitrogens is 1. The van der Waals surface area contributed by atoms with E-state index in [1.165, 1.54) is 30.6 Å². The molecule has 0 radical (unpaired) electrons. The number of nitrogens with zero attached hydrogens (tertiary/aromatic N) is 1. The number of ether oxygens (including phenoxy) is 2. The van der Waals surface area contributed by atoms with Gasteiger partial charge in [-0.3, -0.25) is 4.79 Å². The molecule has 0 saturated carbocycles. The minimum absolute atomic E-state index is 0.241. The van der Waals surface area contributed by atoms with Gasteiger partial charge in [0.1, 0.15) is 10.8 Å². The van der Waals surface area contributed by atoms with Crippen molar-refractivity contribution in [2.75, 3.05) is 13.7 Å². The number of alkyl halides is 3. The molecule has 0 bridgehead atoms. The van der Waals surface area contributed by atoms with Crippen molar-refractivity contribution in [1.29, 1.82) is 0 Å². The molecule has 0 atom stereocenters. The van der Waals surface area contributed by atoms with Gasteiger partial charge >= 0.3 is 12.1 Å². The number of esters is 1. The molecule has 31 heavy (non-hydrogen) atoms. The van der Waals surface area contributed by atoms with Gasteiger partial charge in [0, 0.05) is 23.3 Å². The molecule has 1 heterocycles. The summed E-state index contributed by atoms with van der Waals surface area (Å²) in [6.45, 7) is 2.37. The van der Waals surface area contributed by atoms with Crippen LogP contribution in [0.15, 0.2) is 48.5 Å². The Bertz CT molecular complexity index is 1010. The number of aryl methyl sites for hydroxylation is 2. The summed E-state index contributed by atoms with van der Waals surface area (Å²) in [5.74, 6) is 0.479. The van der Waals surface area contributed by atoms with Crippen molar-refractivity contribution in [3.05, 3.63) is 70.2 Å². The third-order valence-corrected chi connectivity index (χ3v) is 5.79. The highest BCUT2D eigenvalue weighted by atomic mass is 32.1. The number of hydrogen-bond acceptors (Lipinski definition) is 5. The lowest BCUT2D eigenvalue weighted by atomic mass is 10.1. The second-order valence-corrected chi connectivity index (χ2v) is 8.12. The molecular weight excluding hydrogens is 427 g/mol. The van der Waals surface area contributed by atoms with Crippen LogP contribution in [-0.4, -0.2) is 24.7 Å². The molecule has 8 heteroatoms. The van der Waals surface area contributed by atoms with Gasteiger partial charge in [0.05, 0.1) is 25.0 Å². The number of halogens is 3. The van der Waals surface area contributed by atoms with Crippen molar-refractivity contribution in [2.24, 2.45) is 0 Å². The summed E-state index contributed by atoms with van der Waals surface area (Å²) in [4.78, 5) is 16.8. The summed E-state index contributed by atoms with van der Waals surface area (Å²) in [5, 5.41) is 0.691. The number of hydrogen-bond donors (Lipinski definition) is 0. The first-order chi connectivity index (χ1) is 14.8. The van der Waals surface area contributed by atoms with E-state index in [0.717, 1.165) is 34.0 Å². The molecule has 0 amide bonds. The highest BCUT2D eigenvalue weighted by molar-refractivity contribution is 7.15. The van der Waals surface area contributed by atoms with Gasteiger partial charge in [-0.25, -0.2) is 4.98 Å². The van der Waals surface area contributed by atoms with Crippen molar-refractivity contribution in [3.63, 3.8) is 0 Å². The van der Waals surface area contributed by atoms with Crippen LogP contribution < -0.4 is 4.74 Å². The average Bonchev–Trinajstić information content (AvgIpc) is 3.13. The van der Waals surface area contributed by atoms with E-state index in [-0.39, 0.29) is 5.97 Å². The first-order valence-corrected chi connectivity index (χ1v) is 10.5. The zero-order chi connectivity index (χ0) is 22.4. The third-order valence-electron chi connectivity index (χ3n) is 4.73. The summed E-state index contributed by atoms with van der Waals surface area (Å²) in [6.07, 6.45) is -2.81. The SMILES string of the molecule is COC(=O)CCc1ccc(OCCc2nc(-c3ccc(C(F)(F)F)cc3)sc2C)cc1. The Balaban J connectivity index is 1.54. The van der Waals surface area contributed by atoms with Gasteiger partial charge in [-0.15, -0.1) is 11.3 Å². The molecule has 0 spiro atoms. The fraction of sp³-hybridized carbons (Fsp3) is 0.304. The number of benzene rings is 2. The molecule has 0 N–H and O–H groups in total. The van der Waals surface area contributed by atoms with Crippen LogP contribution in [0.4, 0.5) is 13.2 Å². The first kappa shape index (κ1) is 22.8. The lowest BCUT2D eigenvalue weighted by Crippen LogP contribution is -2.04. The predicted molar refractivity (Wildman–Crippen MR) is 113 cm³/mol. The van der Waals surface area contributed by atoms with Gasteiger partial charge in [0.2, 0.25) is 0 Å². The largest absolute Gasteiger partial charge is 0.493 e. The molecule has 4 nitrogen and oxygen atoms in total. The van der Waals surface area contributed by atoms with Crippen LogP contribution in [0.2, 0.25) is 0 Å². The summed E-state index contributed by atoms with van der Waals surface area (Å²) in [7, 11) is 1.37. The van der Waals surface area contributed by atoms with Crippen LogP contribution in [0.25, 0.3) is 10.6 Å². The van der Waals surface area contributed by atoms with Crippen LogP contribution >= 0.6 is 11.3 Å². The molecule has 0 saturated heterocycles. The van der Waals surface area contributed by atoms with E-state index in [9.17, 15) is 18.0 Å². The minimum Gasteiger partial charge on any atom is -0.493 e. The Labute approximate surface area is 182 Å². The predicted octanol–water partition coefficient (Wildman–Crippen LogP) is 5.86. The zero-order valence-corrected chi connectivity index (χ0v) is 18.0. The Kier molecular flexibility index (Phi) is 7.33. The standard InChI is InChI=1S/C23H22F3NO3S/c1-15-20(27-22(31-15)17-6-8-18(9-7-17)23(24,25)26)13-14-30-19-10-3-16(4-11-19)5-12-21(28)29-2/h3-4,6-11H,5,12-14H2,1-2H3. The third kappa shape index (κ3) is 6.30. The van der Waals surface area contributed by atoms with E-state index < -0.39 is 11.7 Å². The Hall–Kier alpha value is -2.87. The highest BCUT2D eigenvalue weighted by Crippen LogP contribution is 2.33. The minimum atomic E-state index is -4.35. The Morgan fingerprint density at radius 2 is 1.71 bits per heavy atom. The normalized spacial score (nSPS) is 11.4. The van der Waals surface area contributed by atoms with E-state index >= 15 is 0 Å². The highest BCUT2D eigenvalue weighted by Gasteiger charge is 2.30. The maximum Gasteiger partial charge on any atom is 0.416 e. The molecule has 3 rings (SSSR count). The fourth-order valence-electron chi connectivity index (χ4n) is 2.95. The summed E-state index contributed by atoms with van der Waals surface area (Å²) in [6, 6.07) is 12.6. The van der Waals surface area contributed by atoms with Crippen molar-refractivity contribution < 1.29 is 27.4 Å². The maximum atomic E-state index is 12.7. The van der Waals surface area contributed by atoms with Crippen LogP contribution in [0, 0.1) is 6.92 Å². The summed E-state index contributed by atoms with van der Waals surface area (Å²) < 4.78 is 48.6. The second kappa shape index (κ2) is 9.96. The van der Waals surface area contributed by atoms with E-state index in [4.69, 9.17) is 4.74 Å². The lowest BCUT2D eigenvalue weighted by Gasteiger charge is -2.07. The van der Waals surface area contributed by atoms with E-state index in [0.29, 0.717) is 36.4 Å². The molecule has 164 valence electrons. The Morgan fingerprint density at radius 1 is 1.03 bits per heavy atom. The van der Waals surface area contributed by atoms with E-state index in [1.54, 1.807) is 0 Å². The smallest absolute Gasteiger partial charge is 0.416 e. The average molecular weight is 449 g/mol. The molecule has 0 aliphatic rings. The molecule has 0 fully saturated rings. The van der Waals surface area contributed by atoms with Gasteiger partial charge in [-0.05, 0) is 43.2 Å². The van der Waals surface area contributed by atoms with Crippen molar-refractivity contribution in [3.8, 4) is 16.3 Å². The summed E-state index contributed by atoms with van der Waals surface area (Å²) in [5.41, 5.74) is 1.88. The number of rotatable bonds is 8. The van der Waals surface area contributed by atoms with Crippen LogP contribution in [0.3, 0.4) is 0 Å². The van der Waals surface area contributed by atoms with Crippen LogP contribution in [0.5, 0.6) is 5.75 Å². The summed E-state index contributed by atoms with van der Waals surface area (Å²) >= 11 is 1.45. The Morgan fingerprint density at radius 3 is 2.32 bits per heavy atom. The molecular formula is C23H22F3NO3S. The number of carbonyl (C=O) groups excluding carboxylic acids is 1. The fourth-order valence-corrected chi connectivity index (χ4v) is 3.92. The van der Waals surface area contributed by atoms with Gasteiger partial charge in [0.15, 0.2) is 0 Å².